The van der Waals surface area contributed by atoms with Crippen LogP contribution in [0, 0.1) is 10.8 Å². The lowest BCUT2D eigenvalue weighted by Crippen LogP contribution is -2.12. The Labute approximate surface area is 82.4 Å². The lowest BCUT2D eigenvalue weighted by atomic mass is 10.0. The van der Waals surface area contributed by atoms with Crippen LogP contribution in [0.15, 0.2) is 0 Å². The molecule has 0 fully saturated rings. The van der Waals surface area contributed by atoms with Crippen LogP contribution in [0.25, 0.3) is 0 Å². The Morgan fingerprint density at radius 1 is 0.727 bits per heavy atom. The lowest BCUT2D eigenvalue weighted by Gasteiger charge is -2.22. The predicted octanol–water partition coefficient (Wildman–Crippen LogP) is 4.05. The maximum absolute atomic E-state index is 2.34. The summed E-state index contributed by atoms with van der Waals surface area (Å²) in [5.41, 5.74) is 1.14. The second-order valence-electron chi connectivity index (χ2n) is 5.58. The first-order valence-electron chi connectivity index (χ1n) is 4.24. The summed E-state index contributed by atoms with van der Waals surface area (Å²) in [5, 5.41) is 0. The minimum Gasteiger partial charge on any atom is -0.150 e. The van der Waals surface area contributed by atoms with Crippen molar-refractivity contribution in [2.75, 3.05) is 8.86 Å². The normalized spacial score (nSPS) is 13.6. The fraction of sp³-hybridized carbons (Fsp3) is 1.00. The summed E-state index contributed by atoms with van der Waals surface area (Å²) in [6.07, 6.45) is 0. The molecule has 1 heteroatoms. The van der Waals surface area contributed by atoms with Crippen LogP contribution in [-0.2, 0) is 0 Å². The second kappa shape index (κ2) is 4.11. The zero-order valence-corrected chi connectivity index (χ0v) is 10.9. The van der Waals surface area contributed by atoms with Gasteiger partial charge in [0.15, 0.2) is 0 Å². The zero-order valence-electron chi connectivity index (χ0n) is 8.79. The van der Waals surface area contributed by atoms with E-state index >= 15 is 0 Å². The van der Waals surface area contributed by atoms with Crippen molar-refractivity contribution in [3.8, 4) is 0 Å². The third kappa shape index (κ3) is 10.7. The van der Waals surface area contributed by atoms with Gasteiger partial charge in [-0.2, -0.15) is 21.2 Å². The van der Waals surface area contributed by atoms with Crippen molar-refractivity contribution in [1.29, 1.82) is 0 Å². The van der Waals surface area contributed by atoms with Crippen molar-refractivity contribution in [2.24, 2.45) is 10.8 Å². The van der Waals surface area contributed by atoms with E-state index in [1.165, 1.54) is 8.86 Å². The molecule has 0 aromatic heterocycles. The monoisotopic (exact) mass is 269 g/mol. The molecule has 0 nitrogen and oxygen atoms in total. The maximum Gasteiger partial charge on any atom is -0.00405 e. The molecule has 11 heavy (non-hydrogen) atoms. The first-order chi connectivity index (χ1) is 4.71. The molecule has 0 N–H and O–H groups in total. The Hall–Kier alpha value is 0.730. The second-order valence-corrected chi connectivity index (χ2v) is 8.18. The topological polar surface area (TPSA) is 0 Å². The molecule has 69 valence electrons. The van der Waals surface area contributed by atoms with E-state index in [0.717, 1.165) is 0 Å². The number of hydrogen-bond acceptors (Lipinski definition) is 0. The summed E-state index contributed by atoms with van der Waals surface area (Å²) in [6, 6.07) is 0. The van der Waals surface area contributed by atoms with Crippen LogP contribution >= 0.6 is 21.2 Å². The van der Waals surface area contributed by atoms with Gasteiger partial charge in [0.25, 0.3) is 0 Å². The van der Waals surface area contributed by atoms with Crippen molar-refractivity contribution in [3.63, 3.8) is 0 Å². The molecule has 0 saturated carbocycles. The molecule has 0 spiro atoms. The number of alkyl halides is 2. The Morgan fingerprint density at radius 3 is 1.18 bits per heavy atom. The fourth-order valence-electron chi connectivity index (χ4n) is 0.614. The van der Waals surface area contributed by atoms with E-state index in [-0.39, 0.29) is 0 Å². The van der Waals surface area contributed by atoms with Gasteiger partial charge in [0, 0.05) is 0 Å². The van der Waals surface area contributed by atoms with E-state index < -0.39 is 0 Å². The third-order valence-electron chi connectivity index (χ3n) is 0.991. The maximum atomic E-state index is 2.34. The van der Waals surface area contributed by atoms with Crippen LogP contribution in [-0.4, -0.2) is 8.86 Å². The summed E-state index contributed by atoms with van der Waals surface area (Å²) in [5.74, 6) is 0. The van der Waals surface area contributed by atoms with E-state index in [2.05, 4.69) is 41.5 Å². The summed E-state index contributed by atoms with van der Waals surface area (Å²) in [7, 11) is 0. The average molecular weight is 269 g/mol. The van der Waals surface area contributed by atoms with Crippen molar-refractivity contribution in [1.82, 2.24) is 0 Å². The molecule has 0 aliphatic heterocycles. The van der Waals surface area contributed by atoms with E-state index in [9.17, 15) is 0 Å². The number of halogens is 1. The molecule has 0 heterocycles. The van der Waals surface area contributed by atoms with Crippen molar-refractivity contribution >= 4 is 21.2 Å². The van der Waals surface area contributed by atoms with Crippen molar-refractivity contribution < 1.29 is 0 Å². The minimum absolute atomic E-state index is 0.445. The molecule has 0 aliphatic carbocycles. The van der Waals surface area contributed by atoms with Gasteiger partial charge in [-0.25, -0.2) is 0 Å². The van der Waals surface area contributed by atoms with Gasteiger partial charge in [-0.3, -0.25) is 0 Å². The van der Waals surface area contributed by atoms with Crippen LogP contribution in [0.4, 0.5) is 0 Å². The average Bonchev–Trinajstić information content (AvgIpc) is 1.55. The summed E-state index contributed by atoms with van der Waals surface area (Å²) in [6.45, 7) is 14.1. The van der Waals surface area contributed by atoms with Crippen LogP contribution in [0.2, 0.25) is 0 Å². The molecule has 0 aliphatic rings. The Bertz CT molecular complexity index is 89.0. The fourth-order valence-corrected chi connectivity index (χ4v) is 4.12. The highest BCUT2D eigenvalue weighted by atomic mass is 127. The van der Waals surface area contributed by atoms with Gasteiger partial charge in [-0.15, -0.1) is 0 Å². The van der Waals surface area contributed by atoms with Crippen molar-refractivity contribution in [2.45, 2.75) is 41.5 Å². The minimum atomic E-state index is 0.445. The molecule has 1 radical (unpaired) electrons. The van der Waals surface area contributed by atoms with Gasteiger partial charge in [0.1, 0.15) is 0 Å². The highest BCUT2D eigenvalue weighted by Crippen LogP contribution is 2.31. The van der Waals surface area contributed by atoms with Gasteiger partial charge in [-0.05, 0) is 19.7 Å². The molecule has 0 aromatic carbocycles. The van der Waals surface area contributed by atoms with Gasteiger partial charge in [-0.1, -0.05) is 41.5 Å². The Kier molecular flexibility index (Phi) is 4.38. The highest BCUT2D eigenvalue weighted by molar-refractivity contribution is 14.2. The standard InChI is InChI=1S/C10H22I/c1-9(2,3)7-11-8-10(4,5)6/h7-8H2,1-6H3. The van der Waals surface area contributed by atoms with Gasteiger partial charge in [0.05, 0.1) is 0 Å². The SMILES string of the molecule is CC(C)(C)C[I]CC(C)(C)C. The van der Waals surface area contributed by atoms with E-state index in [0.29, 0.717) is 32.0 Å². The first kappa shape index (κ1) is 11.7. The smallest absolute Gasteiger partial charge is 0.00405 e. The Balaban J connectivity index is 3.44. The highest BCUT2D eigenvalue weighted by Gasteiger charge is 2.14. The van der Waals surface area contributed by atoms with E-state index in [1.807, 2.05) is 0 Å². The predicted molar refractivity (Wildman–Crippen MR) is 62.7 cm³/mol. The van der Waals surface area contributed by atoms with E-state index in [1.54, 1.807) is 0 Å². The lowest BCUT2D eigenvalue weighted by molar-refractivity contribution is 0.482. The molecule has 0 rings (SSSR count). The zero-order chi connectivity index (χ0) is 9.12. The molecule has 0 aromatic rings. The molecule has 0 saturated heterocycles. The number of hydrogen-bond donors (Lipinski definition) is 0. The van der Waals surface area contributed by atoms with Gasteiger partial charge >= 0.3 is 0 Å². The summed E-state index contributed by atoms with van der Waals surface area (Å²) < 4.78 is 2.92. The van der Waals surface area contributed by atoms with Crippen LogP contribution in [0.5, 0.6) is 0 Å². The van der Waals surface area contributed by atoms with E-state index in [4.69, 9.17) is 0 Å². The summed E-state index contributed by atoms with van der Waals surface area (Å²) >= 11 is 0.445. The quantitative estimate of drug-likeness (QED) is 0.524. The Morgan fingerprint density at radius 2 is 1.00 bits per heavy atom. The molecule has 0 atom stereocenters. The van der Waals surface area contributed by atoms with Crippen LogP contribution in [0.3, 0.4) is 0 Å². The van der Waals surface area contributed by atoms with Gasteiger partial charge < -0.3 is 0 Å². The third-order valence-corrected chi connectivity index (χ3v) is 6.65. The van der Waals surface area contributed by atoms with Crippen LogP contribution < -0.4 is 0 Å². The number of rotatable bonds is 2. The molecular weight excluding hydrogens is 247 g/mol. The first-order valence-corrected chi connectivity index (χ1v) is 7.29. The van der Waals surface area contributed by atoms with Crippen molar-refractivity contribution in [3.05, 3.63) is 0 Å². The largest absolute Gasteiger partial charge is 0.150 e. The van der Waals surface area contributed by atoms with Gasteiger partial charge in [0.2, 0.25) is 0 Å². The molecule has 0 bridgehead atoms. The van der Waals surface area contributed by atoms with Crippen LogP contribution in [0.1, 0.15) is 41.5 Å². The molecule has 0 amide bonds. The molecular formula is C10H22I. The molecule has 0 unspecified atom stereocenters. The summed E-state index contributed by atoms with van der Waals surface area (Å²) in [4.78, 5) is 0.